The number of para-hydroxylation sites is 1. The molecular formula is C30H32N6O5S. The number of carbonyl (C=O) groups is 2. The van der Waals surface area contributed by atoms with E-state index in [1.165, 1.54) is 23.5 Å². The Bertz CT molecular complexity index is 1670. The molecule has 1 aliphatic rings. The second-order valence-corrected chi connectivity index (χ2v) is 11.8. The Morgan fingerprint density at radius 2 is 1.71 bits per heavy atom. The molecule has 0 spiro atoms. The number of carbonyl (C=O) groups excluding carboxylic acids is 2. The number of nitrogens with zero attached hydrogens (tertiary/aromatic N) is 3. The number of sulfonamides is 1. The number of hydrogen-bond acceptors (Lipinski definition) is 8. The number of ether oxygens (including phenoxy) is 1. The van der Waals surface area contributed by atoms with Crippen molar-refractivity contribution in [3.8, 4) is 0 Å². The number of amides is 2. The number of hydrogen-bond donors (Lipinski definition) is 3. The van der Waals surface area contributed by atoms with Gasteiger partial charge in [-0.3, -0.25) is 4.98 Å². The van der Waals surface area contributed by atoms with Crippen LogP contribution in [-0.4, -0.2) is 60.9 Å². The average Bonchev–Trinajstić information content (AvgIpc) is 3.02. The predicted octanol–water partition coefficient (Wildman–Crippen LogP) is 4.45. The van der Waals surface area contributed by atoms with Crippen LogP contribution in [0.15, 0.2) is 84.1 Å². The average molecular weight is 589 g/mol. The summed E-state index contributed by atoms with van der Waals surface area (Å²) in [5.74, 6) is 0.0377. The standard InChI is InChI=1S/C30H32N6O5S/c1-41-29(37)26(19-21-9-11-23(12-10-21)33-28-24-20-31-15-13-22(24)14-16-32-28)35-30(38)34-25-7-3-4-8-27(25)42(39,40)36-17-5-2-6-18-36/h3-4,7-16,20,26H,2,5-6,17-19H2,1H3,(H,32,33)(H2,34,35,38)/t26-/m0/s1. The highest BCUT2D eigenvalue weighted by molar-refractivity contribution is 7.89. The van der Waals surface area contributed by atoms with Crippen molar-refractivity contribution in [1.29, 1.82) is 0 Å². The fourth-order valence-electron chi connectivity index (χ4n) is 4.90. The highest BCUT2D eigenvalue weighted by Crippen LogP contribution is 2.27. The van der Waals surface area contributed by atoms with Gasteiger partial charge in [0.25, 0.3) is 0 Å². The topological polar surface area (TPSA) is 143 Å². The quantitative estimate of drug-likeness (QED) is 0.243. The van der Waals surface area contributed by atoms with Gasteiger partial charge in [0.05, 0.1) is 12.8 Å². The number of aromatic nitrogens is 2. The number of methoxy groups -OCH3 is 1. The molecule has 0 unspecified atom stereocenters. The van der Waals surface area contributed by atoms with Gasteiger partial charge in [-0.2, -0.15) is 4.31 Å². The van der Waals surface area contributed by atoms with Crippen molar-refractivity contribution in [2.75, 3.05) is 30.8 Å². The van der Waals surface area contributed by atoms with Gasteiger partial charge < -0.3 is 20.7 Å². The summed E-state index contributed by atoms with van der Waals surface area (Å²) in [7, 11) is -2.55. The first kappa shape index (κ1) is 29.0. The summed E-state index contributed by atoms with van der Waals surface area (Å²) in [4.78, 5) is 34.2. The lowest BCUT2D eigenvalue weighted by Crippen LogP contribution is -2.45. The number of fused-ring (bicyclic) bond motifs is 1. The summed E-state index contributed by atoms with van der Waals surface area (Å²) in [6.07, 6.45) is 7.93. The van der Waals surface area contributed by atoms with E-state index in [1.807, 2.05) is 36.4 Å². The Morgan fingerprint density at radius 1 is 0.976 bits per heavy atom. The van der Waals surface area contributed by atoms with Crippen molar-refractivity contribution in [2.24, 2.45) is 0 Å². The zero-order valence-electron chi connectivity index (χ0n) is 23.1. The summed E-state index contributed by atoms with van der Waals surface area (Å²) in [5, 5.41) is 10.4. The number of rotatable bonds is 9. The van der Waals surface area contributed by atoms with Gasteiger partial charge in [-0.1, -0.05) is 30.7 Å². The molecule has 3 N–H and O–H groups in total. The summed E-state index contributed by atoms with van der Waals surface area (Å²) >= 11 is 0. The zero-order valence-corrected chi connectivity index (χ0v) is 23.9. The van der Waals surface area contributed by atoms with Gasteiger partial charge in [-0.05, 0) is 60.2 Å². The smallest absolute Gasteiger partial charge is 0.328 e. The third-order valence-corrected chi connectivity index (χ3v) is 9.04. The van der Waals surface area contributed by atoms with Crippen LogP contribution in [0.1, 0.15) is 24.8 Å². The molecule has 1 atom stereocenters. The first-order chi connectivity index (χ1) is 20.3. The molecule has 3 heterocycles. The maximum atomic E-state index is 13.3. The van der Waals surface area contributed by atoms with Crippen molar-refractivity contribution in [2.45, 2.75) is 36.6 Å². The van der Waals surface area contributed by atoms with Crippen LogP contribution in [0, 0.1) is 0 Å². The first-order valence-electron chi connectivity index (χ1n) is 13.6. The van der Waals surface area contributed by atoms with Crippen LogP contribution in [0.3, 0.4) is 0 Å². The second kappa shape index (κ2) is 13.0. The van der Waals surface area contributed by atoms with Crippen LogP contribution in [0.2, 0.25) is 0 Å². The number of pyridine rings is 2. The fourth-order valence-corrected chi connectivity index (χ4v) is 6.56. The lowest BCUT2D eigenvalue weighted by molar-refractivity contribution is -0.142. The van der Waals surface area contributed by atoms with E-state index >= 15 is 0 Å². The van der Waals surface area contributed by atoms with Gasteiger partial charge in [-0.15, -0.1) is 0 Å². The molecule has 42 heavy (non-hydrogen) atoms. The Morgan fingerprint density at radius 3 is 2.48 bits per heavy atom. The van der Waals surface area contributed by atoms with Crippen molar-refractivity contribution in [3.63, 3.8) is 0 Å². The maximum absolute atomic E-state index is 13.3. The van der Waals surface area contributed by atoms with E-state index in [-0.39, 0.29) is 17.0 Å². The number of benzene rings is 2. The lowest BCUT2D eigenvalue weighted by atomic mass is 10.1. The molecule has 218 valence electrons. The van der Waals surface area contributed by atoms with Crippen LogP contribution in [-0.2, 0) is 26.0 Å². The van der Waals surface area contributed by atoms with E-state index in [0.717, 1.165) is 41.3 Å². The molecule has 5 rings (SSSR count). The third kappa shape index (κ3) is 6.67. The van der Waals surface area contributed by atoms with Crippen LogP contribution in [0.4, 0.5) is 22.0 Å². The van der Waals surface area contributed by atoms with Crippen molar-refractivity contribution < 1.29 is 22.7 Å². The molecule has 0 aliphatic carbocycles. The minimum atomic E-state index is -3.79. The zero-order chi connectivity index (χ0) is 29.5. The molecule has 2 aromatic carbocycles. The van der Waals surface area contributed by atoms with Crippen molar-refractivity contribution in [3.05, 3.63) is 84.8 Å². The molecule has 0 bridgehead atoms. The number of esters is 1. The molecule has 11 nitrogen and oxygen atoms in total. The van der Waals surface area contributed by atoms with Gasteiger partial charge in [0, 0.05) is 49.2 Å². The maximum Gasteiger partial charge on any atom is 0.328 e. The third-order valence-electron chi connectivity index (χ3n) is 7.08. The largest absolute Gasteiger partial charge is 0.467 e. The first-order valence-corrected chi connectivity index (χ1v) is 15.1. The molecule has 2 amide bonds. The van der Waals surface area contributed by atoms with Gasteiger partial charge in [0.1, 0.15) is 16.8 Å². The number of anilines is 3. The van der Waals surface area contributed by atoms with E-state index in [0.29, 0.717) is 18.9 Å². The number of nitrogens with one attached hydrogen (secondary N) is 3. The van der Waals surface area contributed by atoms with Gasteiger partial charge in [0.15, 0.2) is 0 Å². The SMILES string of the molecule is COC(=O)[C@H](Cc1ccc(Nc2nccc3ccncc23)cc1)NC(=O)Nc1ccccc1S(=O)(=O)N1CCCCC1. The molecular weight excluding hydrogens is 556 g/mol. The molecule has 12 heteroatoms. The van der Waals surface area contributed by atoms with E-state index in [1.54, 1.807) is 30.7 Å². The van der Waals surface area contributed by atoms with Gasteiger partial charge in [-0.25, -0.2) is 23.0 Å². The highest BCUT2D eigenvalue weighted by Gasteiger charge is 2.29. The van der Waals surface area contributed by atoms with Crippen LogP contribution in [0.25, 0.3) is 10.8 Å². The van der Waals surface area contributed by atoms with Gasteiger partial charge >= 0.3 is 12.0 Å². The van der Waals surface area contributed by atoms with Crippen LogP contribution in [0.5, 0.6) is 0 Å². The summed E-state index contributed by atoms with van der Waals surface area (Å²) in [6, 6.07) is 15.7. The van der Waals surface area contributed by atoms with Crippen molar-refractivity contribution in [1.82, 2.24) is 19.6 Å². The van der Waals surface area contributed by atoms with Gasteiger partial charge in [0.2, 0.25) is 10.0 Å². The highest BCUT2D eigenvalue weighted by atomic mass is 32.2. The minimum absolute atomic E-state index is 0.0104. The van der Waals surface area contributed by atoms with E-state index in [4.69, 9.17) is 4.74 Å². The monoisotopic (exact) mass is 588 g/mol. The minimum Gasteiger partial charge on any atom is -0.467 e. The molecule has 1 fully saturated rings. The Kier molecular flexibility index (Phi) is 8.94. The summed E-state index contributed by atoms with van der Waals surface area (Å²) in [5.41, 5.74) is 1.70. The molecule has 0 saturated carbocycles. The molecule has 4 aromatic rings. The number of urea groups is 1. The second-order valence-electron chi connectivity index (χ2n) is 9.92. The Hall–Kier alpha value is -4.55. The molecule has 2 aromatic heterocycles. The van der Waals surface area contributed by atoms with Crippen molar-refractivity contribution >= 4 is 50.0 Å². The lowest BCUT2D eigenvalue weighted by Gasteiger charge is -2.27. The molecule has 1 saturated heterocycles. The molecule has 1 aliphatic heterocycles. The number of piperidine rings is 1. The fraction of sp³-hybridized carbons (Fsp3) is 0.267. The summed E-state index contributed by atoms with van der Waals surface area (Å²) in [6.45, 7) is 0.883. The van der Waals surface area contributed by atoms with Crippen LogP contribution < -0.4 is 16.0 Å². The predicted molar refractivity (Wildman–Crippen MR) is 160 cm³/mol. The van der Waals surface area contributed by atoms with Crippen LogP contribution >= 0.6 is 0 Å². The molecule has 0 radical (unpaired) electrons. The Balaban J connectivity index is 1.26. The normalized spacial score (nSPS) is 14.6. The van der Waals surface area contributed by atoms with E-state index in [9.17, 15) is 18.0 Å². The summed E-state index contributed by atoms with van der Waals surface area (Å²) < 4.78 is 32.9. The Labute approximate surface area is 244 Å². The van der Waals surface area contributed by atoms with E-state index in [2.05, 4.69) is 25.9 Å². The van der Waals surface area contributed by atoms with E-state index < -0.39 is 28.1 Å².